The smallest absolute Gasteiger partial charge is 0.128 e. The summed E-state index contributed by atoms with van der Waals surface area (Å²) in [5.74, 6) is -0.199. The summed E-state index contributed by atoms with van der Waals surface area (Å²) in [4.78, 5) is 8.12. The third-order valence-electron chi connectivity index (χ3n) is 2.02. The van der Waals surface area contributed by atoms with Gasteiger partial charge in [0.1, 0.15) is 5.82 Å². The Labute approximate surface area is 75.4 Å². The van der Waals surface area contributed by atoms with Crippen LogP contribution in [0.2, 0.25) is 0 Å². The molecule has 0 radical (unpaired) electrons. The van der Waals surface area contributed by atoms with Crippen molar-refractivity contribution in [1.29, 1.82) is 0 Å². The van der Waals surface area contributed by atoms with Crippen LogP contribution in [0.1, 0.15) is 12.5 Å². The van der Waals surface area contributed by atoms with E-state index in [0.29, 0.717) is 17.5 Å². The molecule has 0 aliphatic carbocycles. The first-order chi connectivity index (χ1) is 6.31. The first-order valence-corrected chi connectivity index (χ1v) is 4.20. The summed E-state index contributed by atoms with van der Waals surface area (Å²) in [6.07, 6.45) is 3.85. The molecule has 2 nitrogen and oxygen atoms in total. The molecule has 0 unspecified atom stereocenters. The molecule has 1 aromatic carbocycles. The van der Waals surface area contributed by atoms with E-state index in [1.807, 2.05) is 6.92 Å². The Morgan fingerprint density at radius 3 is 2.38 bits per heavy atom. The van der Waals surface area contributed by atoms with Crippen molar-refractivity contribution in [2.75, 3.05) is 0 Å². The molecular weight excluding hydrogens is 167 g/mol. The highest BCUT2D eigenvalue weighted by Crippen LogP contribution is 2.15. The summed E-state index contributed by atoms with van der Waals surface area (Å²) in [6, 6.07) is 3.18. The van der Waals surface area contributed by atoms with Crippen LogP contribution >= 0.6 is 0 Å². The van der Waals surface area contributed by atoms with E-state index in [1.165, 1.54) is 6.07 Å². The molecule has 0 saturated carbocycles. The monoisotopic (exact) mass is 176 g/mol. The molecule has 2 rings (SSSR count). The second kappa shape index (κ2) is 3.09. The van der Waals surface area contributed by atoms with Crippen molar-refractivity contribution >= 4 is 11.0 Å². The number of rotatable bonds is 1. The van der Waals surface area contributed by atoms with Crippen LogP contribution < -0.4 is 0 Å². The normalized spacial score (nSPS) is 10.6. The van der Waals surface area contributed by atoms with Crippen LogP contribution in [-0.2, 0) is 6.42 Å². The Kier molecular flexibility index (Phi) is 1.93. The van der Waals surface area contributed by atoms with Gasteiger partial charge in [0, 0.05) is 18.5 Å². The van der Waals surface area contributed by atoms with Gasteiger partial charge in [-0.3, -0.25) is 9.97 Å². The third kappa shape index (κ3) is 1.37. The van der Waals surface area contributed by atoms with Crippen LogP contribution in [-0.4, -0.2) is 9.97 Å². The molecule has 0 spiro atoms. The van der Waals surface area contributed by atoms with E-state index >= 15 is 0 Å². The summed E-state index contributed by atoms with van der Waals surface area (Å²) in [5, 5.41) is 0. The lowest BCUT2D eigenvalue weighted by molar-refractivity contribution is 0.614. The van der Waals surface area contributed by atoms with Crippen LogP contribution in [0.25, 0.3) is 11.0 Å². The zero-order chi connectivity index (χ0) is 9.26. The van der Waals surface area contributed by atoms with Gasteiger partial charge in [0.2, 0.25) is 0 Å². The van der Waals surface area contributed by atoms with Crippen LogP contribution in [0, 0.1) is 5.82 Å². The maximum Gasteiger partial charge on any atom is 0.128 e. The quantitative estimate of drug-likeness (QED) is 0.666. The molecule has 0 amide bonds. The number of hydrogen-bond acceptors (Lipinski definition) is 2. The van der Waals surface area contributed by atoms with Gasteiger partial charge < -0.3 is 0 Å². The minimum absolute atomic E-state index is 0.199. The summed E-state index contributed by atoms with van der Waals surface area (Å²) in [7, 11) is 0. The zero-order valence-corrected chi connectivity index (χ0v) is 7.29. The van der Waals surface area contributed by atoms with Gasteiger partial charge >= 0.3 is 0 Å². The highest BCUT2D eigenvalue weighted by molar-refractivity contribution is 5.74. The number of aryl methyl sites for hydroxylation is 1. The standard InChI is InChI=1S/C10H9FN2/c1-2-7-5-9-10(6-8(7)11)13-4-3-12-9/h3-6H,2H2,1H3. The van der Waals surface area contributed by atoms with Gasteiger partial charge in [-0.2, -0.15) is 0 Å². The zero-order valence-electron chi connectivity index (χ0n) is 7.29. The largest absolute Gasteiger partial charge is 0.253 e. The molecule has 0 bridgehead atoms. The van der Waals surface area contributed by atoms with E-state index < -0.39 is 0 Å². The lowest BCUT2D eigenvalue weighted by atomic mass is 10.1. The van der Waals surface area contributed by atoms with Crippen LogP contribution in [0.5, 0.6) is 0 Å². The van der Waals surface area contributed by atoms with E-state index in [-0.39, 0.29) is 5.82 Å². The fraction of sp³-hybridized carbons (Fsp3) is 0.200. The number of nitrogens with zero attached hydrogens (tertiary/aromatic N) is 2. The molecule has 0 aliphatic heterocycles. The molecule has 3 heteroatoms. The van der Waals surface area contributed by atoms with E-state index in [1.54, 1.807) is 18.5 Å². The Balaban J connectivity index is 2.74. The average Bonchev–Trinajstić information content (AvgIpc) is 2.17. The van der Waals surface area contributed by atoms with Gasteiger partial charge in [-0.1, -0.05) is 6.92 Å². The molecule has 66 valence electrons. The SMILES string of the molecule is CCc1cc2nccnc2cc1F. The summed E-state index contributed by atoms with van der Waals surface area (Å²) >= 11 is 0. The molecule has 0 saturated heterocycles. The number of aromatic nitrogens is 2. The van der Waals surface area contributed by atoms with Crippen LogP contribution in [0.4, 0.5) is 4.39 Å². The van der Waals surface area contributed by atoms with Gasteiger partial charge in [0.25, 0.3) is 0 Å². The van der Waals surface area contributed by atoms with E-state index in [2.05, 4.69) is 9.97 Å². The second-order valence-electron chi connectivity index (χ2n) is 2.84. The number of fused-ring (bicyclic) bond motifs is 1. The first kappa shape index (κ1) is 8.10. The van der Waals surface area contributed by atoms with Crippen molar-refractivity contribution in [3.8, 4) is 0 Å². The van der Waals surface area contributed by atoms with E-state index in [0.717, 1.165) is 5.52 Å². The minimum atomic E-state index is -0.199. The molecule has 1 aromatic heterocycles. The first-order valence-electron chi connectivity index (χ1n) is 4.20. The molecule has 0 atom stereocenters. The fourth-order valence-corrected chi connectivity index (χ4v) is 1.30. The fourth-order valence-electron chi connectivity index (χ4n) is 1.30. The highest BCUT2D eigenvalue weighted by atomic mass is 19.1. The molecule has 1 heterocycles. The lowest BCUT2D eigenvalue weighted by Gasteiger charge is -2.00. The van der Waals surface area contributed by atoms with Crippen LogP contribution in [0.3, 0.4) is 0 Å². The Hall–Kier alpha value is -1.51. The van der Waals surface area contributed by atoms with E-state index in [9.17, 15) is 4.39 Å². The summed E-state index contributed by atoms with van der Waals surface area (Å²) < 4.78 is 13.3. The Morgan fingerprint density at radius 2 is 1.77 bits per heavy atom. The molecule has 2 aromatic rings. The topological polar surface area (TPSA) is 25.8 Å². The number of hydrogen-bond donors (Lipinski definition) is 0. The molecular formula is C10H9FN2. The predicted molar refractivity (Wildman–Crippen MR) is 48.9 cm³/mol. The number of benzene rings is 1. The van der Waals surface area contributed by atoms with Crippen LogP contribution in [0.15, 0.2) is 24.5 Å². The minimum Gasteiger partial charge on any atom is -0.253 e. The molecule has 0 fully saturated rings. The molecule has 0 aliphatic rings. The van der Waals surface area contributed by atoms with Gasteiger partial charge in [0.05, 0.1) is 11.0 Å². The Morgan fingerprint density at radius 1 is 1.15 bits per heavy atom. The maximum absolute atomic E-state index is 13.3. The maximum atomic E-state index is 13.3. The van der Waals surface area contributed by atoms with Crippen molar-refractivity contribution in [1.82, 2.24) is 9.97 Å². The number of halogens is 1. The predicted octanol–water partition coefficient (Wildman–Crippen LogP) is 2.33. The van der Waals surface area contributed by atoms with Gasteiger partial charge in [-0.15, -0.1) is 0 Å². The van der Waals surface area contributed by atoms with Gasteiger partial charge in [0.15, 0.2) is 0 Å². The average molecular weight is 176 g/mol. The van der Waals surface area contributed by atoms with Crippen molar-refractivity contribution in [2.45, 2.75) is 13.3 Å². The highest BCUT2D eigenvalue weighted by Gasteiger charge is 2.03. The van der Waals surface area contributed by atoms with Crippen molar-refractivity contribution in [2.24, 2.45) is 0 Å². The van der Waals surface area contributed by atoms with Gasteiger partial charge in [-0.05, 0) is 18.1 Å². The van der Waals surface area contributed by atoms with E-state index in [4.69, 9.17) is 0 Å². The van der Waals surface area contributed by atoms with Crippen molar-refractivity contribution < 1.29 is 4.39 Å². The third-order valence-corrected chi connectivity index (χ3v) is 2.02. The molecule has 0 N–H and O–H groups in total. The van der Waals surface area contributed by atoms with Crippen molar-refractivity contribution in [3.05, 3.63) is 35.9 Å². The van der Waals surface area contributed by atoms with Gasteiger partial charge in [-0.25, -0.2) is 4.39 Å². The summed E-state index contributed by atoms with van der Waals surface area (Å²) in [6.45, 7) is 1.92. The van der Waals surface area contributed by atoms with Crippen molar-refractivity contribution in [3.63, 3.8) is 0 Å². The summed E-state index contributed by atoms with van der Waals surface area (Å²) in [5.41, 5.74) is 2.05. The Bertz CT molecular complexity index is 440. The second-order valence-corrected chi connectivity index (χ2v) is 2.84. The lowest BCUT2D eigenvalue weighted by Crippen LogP contribution is -1.90. The molecule has 13 heavy (non-hydrogen) atoms.